The Kier molecular flexibility index (Phi) is 5.02. The molecule has 0 aromatic heterocycles. The van der Waals surface area contributed by atoms with Gasteiger partial charge in [-0.2, -0.15) is 0 Å². The maximum Gasteiger partial charge on any atom is 0.313 e. The summed E-state index contributed by atoms with van der Waals surface area (Å²) < 4.78 is 12.7. The van der Waals surface area contributed by atoms with Gasteiger partial charge in [-0.25, -0.2) is 0 Å². The third-order valence-corrected chi connectivity index (χ3v) is 7.75. The summed E-state index contributed by atoms with van der Waals surface area (Å²) in [5.41, 5.74) is -0.561. The minimum atomic E-state index is -0.561. The number of carbonyl (C=O) groups is 2. The Labute approximate surface area is 157 Å². The Bertz CT molecular complexity index is 552. The first-order chi connectivity index (χ1) is 12.5. The zero-order chi connectivity index (χ0) is 18.2. The third kappa shape index (κ3) is 3.28. The molecule has 3 heterocycles. The summed E-state index contributed by atoms with van der Waals surface area (Å²) in [7, 11) is 2.39. The smallest absolute Gasteiger partial charge is 0.313 e. The van der Waals surface area contributed by atoms with Crippen LogP contribution in [-0.2, 0) is 19.1 Å². The Hall–Kier alpha value is -1.10. The molecule has 1 spiro atoms. The van der Waals surface area contributed by atoms with Crippen molar-refractivity contribution in [2.75, 3.05) is 26.7 Å². The second-order valence-corrected chi connectivity index (χ2v) is 9.38. The van der Waals surface area contributed by atoms with E-state index < -0.39 is 5.60 Å². The van der Waals surface area contributed by atoms with Crippen molar-refractivity contribution in [2.45, 2.75) is 82.3 Å². The molecule has 3 aliphatic heterocycles. The Morgan fingerprint density at radius 1 is 1.12 bits per heavy atom. The average molecular weight is 365 g/mol. The molecule has 1 aliphatic carbocycles. The molecule has 0 bridgehead atoms. The largest absolute Gasteiger partial charge is 0.465 e. The first kappa shape index (κ1) is 18.3. The summed E-state index contributed by atoms with van der Waals surface area (Å²) in [5.74, 6) is -0.319. The molecule has 0 amide bonds. The predicted molar refractivity (Wildman–Crippen MR) is 97.3 cm³/mol. The number of piperidine rings is 2. The first-order valence-electron chi connectivity index (χ1n) is 10.8. The lowest BCUT2D eigenvalue weighted by atomic mass is 9.76. The van der Waals surface area contributed by atoms with Gasteiger partial charge in [0.15, 0.2) is 0 Å². The molecule has 26 heavy (non-hydrogen) atoms. The standard InChI is InChI=1S/C21H34NO4/c1-22-12-6-3-9-18(22)16(8-7-13-22)15-25-20(24)17-14-19(23)26-21(17)10-4-2-5-11-21/h16-18H,2-15H2,1H3/q+1/t16-,17-,18+,22+/m1/s1. The number of nitrogens with zero attached hydrogens (tertiary/aromatic N) is 1. The van der Waals surface area contributed by atoms with Crippen molar-refractivity contribution in [3.8, 4) is 0 Å². The molecule has 3 saturated heterocycles. The van der Waals surface area contributed by atoms with Gasteiger partial charge >= 0.3 is 11.9 Å². The number of esters is 2. The zero-order valence-electron chi connectivity index (χ0n) is 16.2. The highest BCUT2D eigenvalue weighted by atomic mass is 16.6. The fourth-order valence-electron chi connectivity index (χ4n) is 6.31. The maximum atomic E-state index is 12.9. The van der Waals surface area contributed by atoms with Crippen molar-refractivity contribution in [1.82, 2.24) is 0 Å². The molecular formula is C21H34NO4+. The molecule has 4 rings (SSSR count). The van der Waals surface area contributed by atoms with Crippen molar-refractivity contribution in [3.63, 3.8) is 0 Å². The van der Waals surface area contributed by atoms with Crippen LogP contribution in [0.3, 0.4) is 0 Å². The molecule has 0 aromatic rings. The summed E-state index contributed by atoms with van der Waals surface area (Å²) in [6, 6.07) is 0.635. The number of carbonyl (C=O) groups excluding carboxylic acids is 2. The van der Waals surface area contributed by atoms with Gasteiger partial charge in [-0.1, -0.05) is 6.42 Å². The molecule has 1 saturated carbocycles. The summed E-state index contributed by atoms with van der Waals surface area (Å²) in [6.07, 6.45) is 11.4. The SMILES string of the molecule is C[N@@+]12CCCC[C@H]1[C@@H](COC(=O)[C@H]1CC(=O)OC13CCCCC3)CCC2. The van der Waals surface area contributed by atoms with Gasteiger partial charge in [-0.3, -0.25) is 9.59 Å². The highest BCUT2D eigenvalue weighted by Gasteiger charge is 2.54. The predicted octanol–water partition coefficient (Wildman–Crippen LogP) is 3.20. The number of hydrogen-bond donors (Lipinski definition) is 0. The van der Waals surface area contributed by atoms with Crippen LogP contribution in [0.5, 0.6) is 0 Å². The van der Waals surface area contributed by atoms with Crippen molar-refractivity contribution in [1.29, 1.82) is 0 Å². The highest BCUT2D eigenvalue weighted by Crippen LogP contribution is 2.45. The molecular weight excluding hydrogens is 330 g/mol. The third-order valence-electron chi connectivity index (χ3n) is 7.75. The van der Waals surface area contributed by atoms with E-state index in [9.17, 15) is 9.59 Å². The molecule has 4 atom stereocenters. The molecule has 0 radical (unpaired) electrons. The van der Waals surface area contributed by atoms with Crippen molar-refractivity contribution < 1.29 is 23.5 Å². The van der Waals surface area contributed by atoms with Crippen LogP contribution in [0.1, 0.15) is 70.6 Å². The minimum Gasteiger partial charge on any atom is -0.465 e. The van der Waals surface area contributed by atoms with E-state index in [1.165, 1.54) is 45.2 Å². The molecule has 5 heteroatoms. The van der Waals surface area contributed by atoms with Crippen molar-refractivity contribution in [2.24, 2.45) is 11.8 Å². The van der Waals surface area contributed by atoms with Gasteiger partial charge in [-0.15, -0.1) is 0 Å². The molecule has 4 aliphatic rings. The topological polar surface area (TPSA) is 52.6 Å². The molecule has 4 fully saturated rings. The van der Waals surface area contributed by atoms with Crippen LogP contribution in [-0.4, -0.2) is 54.8 Å². The van der Waals surface area contributed by atoms with E-state index in [0.717, 1.165) is 36.6 Å². The van der Waals surface area contributed by atoms with Gasteiger partial charge in [0.05, 0.1) is 39.2 Å². The molecule has 146 valence electrons. The zero-order valence-corrected chi connectivity index (χ0v) is 16.2. The Morgan fingerprint density at radius 2 is 1.88 bits per heavy atom. The van der Waals surface area contributed by atoms with Gasteiger partial charge in [0.25, 0.3) is 0 Å². The van der Waals surface area contributed by atoms with Crippen molar-refractivity contribution >= 4 is 11.9 Å². The molecule has 0 aromatic carbocycles. The number of quaternary nitrogens is 1. The van der Waals surface area contributed by atoms with E-state index in [0.29, 0.717) is 18.6 Å². The number of rotatable bonds is 3. The van der Waals surface area contributed by atoms with Crippen LogP contribution in [0.4, 0.5) is 0 Å². The quantitative estimate of drug-likeness (QED) is 0.570. The van der Waals surface area contributed by atoms with Gasteiger partial charge in [0, 0.05) is 12.3 Å². The van der Waals surface area contributed by atoms with E-state index in [2.05, 4.69) is 7.05 Å². The Balaban J connectivity index is 1.39. The lowest BCUT2D eigenvalue weighted by Gasteiger charge is -2.51. The summed E-state index contributed by atoms with van der Waals surface area (Å²) in [6.45, 7) is 3.06. The summed E-state index contributed by atoms with van der Waals surface area (Å²) >= 11 is 0. The van der Waals surface area contributed by atoms with E-state index >= 15 is 0 Å². The number of fused-ring (bicyclic) bond motifs is 1. The van der Waals surface area contributed by atoms with Crippen LogP contribution in [0.25, 0.3) is 0 Å². The van der Waals surface area contributed by atoms with Crippen LogP contribution in [0, 0.1) is 11.8 Å². The highest BCUT2D eigenvalue weighted by molar-refractivity contribution is 5.84. The summed E-state index contributed by atoms with van der Waals surface area (Å²) in [5, 5.41) is 0. The minimum absolute atomic E-state index is 0.187. The molecule has 0 N–H and O–H groups in total. The van der Waals surface area contributed by atoms with Gasteiger partial charge in [0.2, 0.25) is 0 Å². The molecule has 5 nitrogen and oxygen atoms in total. The van der Waals surface area contributed by atoms with E-state index in [-0.39, 0.29) is 24.3 Å². The fourth-order valence-corrected chi connectivity index (χ4v) is 6.31. The fraction of sp³-hybridized carbons (Fsp3) is 0.905. The second kappa shape index (κ2) is 7.14. The summed E-state index contributed by atoms with van der Waals surface area (Å²) in [4.78, 5) is 24.8. The number of hydrogen-bond acceptors (Lipinski definition) is 4. The number of ether oxygens (including phenoxy) is 2. The van der Waals surface area contributed by atoms with E-state index in [1.807, 2.05) is 0 Å². The van der Waals surface area contributed by atoms with Gasteiger partial charge in [0.1, 0.15) is 11.5 Å². The lowest BCUT2D eigenvalue weighted by Crippen LogP contribution is -2.61. The van der Waals surface area contributed by atoms with Crippen LogP contribution >= 0.6 is 0 Å². The van der Waals surface area contributed by atoms with Gasteiger partial charge in [-0.05, 0) is 51.4 Å². The normalized spacial score (nSPS) is 39.3. The maximum absolute atomic E-state index is 12.9. The van der Waals surface area contributed by atoms with Crippen molar-refractivity contribution in [3.05, 3.63) is 0 Å². The average Bonchev–Trinajstić information content (AvgIpc) is 2.95. The molecule has 0 unspecified atom stereocenters. The van der Waals surface area contributed by atoms with Crippen LogP contribution in [0.15, 0.2) is 0 Å². The van der Waals surface area contributed by atoms with E-state index in [4.69, 9.17) is 9.47 Å². The monoisotopic (exact) mass is 364 g/mol. The van der Waals surface area contributed by atoms with Gasteiger partial charge < -0.3 is 14.0 Å². The lowest BCUT2D eigenvalue weighted by molar-refractivity contribution is -0.947. The first-order valence-corrected chi connectivity index (χ1v) is 10.8. The second-order valence-electron chi connectivity index (χ2n) is 9.38. The van der Waals surface area contributed by atoms with Crippen LogP contribution in [0.2, 0.25) is 0 Å². The van der Waals surface area contributed by atoms with E-state index in [1.54, 1.807) is 0 Å². The van der Waals surface area contributed by atoms with Crippen LogP contribution < -0.4 is 0 Å². The Morgan fingerprint density at radius 3 is 2.69 bits per heavy atom.